The van der Waals surface area contributed by atoms with Crippen LogP contribution in [0.15, 0.2) is 24.5 Å². The number of hydrogen-bond acceptors (Lipinski definition) is 5. The molecule has 0 fully saturated rings. The van der Waals surface area contributed by atoms with Crippen LogP contribution in [0.4, 0.5) is 5.69 Å². The van der Waals surface area contributed by atoms with Crippen molar-refractivity contribution in [1.29, 1.82) is 0 Å². The van der Waals surface area contributed by atoms with E-state index in [4.69, 9.17) is 23.2 Å². The number of halogens is 2. The minimum absolute atomic E-state index is 0.131. The number of nitrogens with one attached hydrogen (secondary N) is 1. The number of nitrogens with zero attached hydrogens (tertiary/aromatic N) is 5. The van der Waals surface area contributed by atoms with Crippen LogP contribution in [0.3, 0.4) is 0 Å². The third kappa shape index (κ3) is 4.10. The Morgan fingerprint density at radius 1 is 1.19 bits per heavy atom. The highest BCUT2D eigenvalue weighted by Crippen LogP contribution is 2.40. The molecule has 3 heterocycles. The number of H-pyrrole nitrogens is 1. The van der Waals surface area contributed by atoms with E-state index in [-0.39, 0.29) is 17.8 Å². The fraction of sp³-hybridized carbons (Fsp3) is 0.409. The molecule has 7 nitrogen and oxygen atoms in total. The van der Waals surface area contributed by atoms with Gasteiger partial charge in [-0.15, -0.1) is 0 Å². The van der Waals surface area contributed by atoms with E-state index >= 15 is 0 Å². The summed E-state index contributed by atoms with van der Waals surface area (Å²) in [6.45, 7) is 4.38. The SMILES string of the molecule is C[C@H]1c2c([nH]c3c(Cl)c(Cl)ccc23)CCN1C(=O)c1ncc(N(C)CCN(C)C)cn1. The standard InChI is InChI=1S/C22H26Cl2N6O/c1-13-18-15-5-6-16(23)19(24)20(15)27-17(18)7-8-30(13)22(31)21-25-11-14(12-26-21)29(4)10-9-28(2)3/h5-6,11-13,27H,7-10H2,1-4H3/t13-/m0/s1. The number of carbonyl (C=O) groups is 1. The van der Waals surface area contributed by atoms with Crippen LogP contribution >= 0.6 is 23.2 Å². The summed E-state index contributed by atoms with van der Waals surface area (Å²) in [5, 5.41) is 2.02. The second-order valence-corrected chi connectivity index (χ2v) is 9.00. The lowest BCUT2D eigenvalue weighted by molar-refractivity contribution is 0.0665. The number of likely N-dealkylation sites (N-methyl/N-ethyl adjacent to an activating group) is 2. The predicted octanol–water partition coefficient (Wildman–Crippen LogP) is 4.02. The van der Waals surface area contributed by atoms with E-state index in [9.17, 15) is 4.79 Å². The molecule has 0 radical (unpaired) electrons. The van der Waals surface area contributed by atoms with Crippen molar-refractivity contribution in [3.05, 3.63) is 51.7 Å². The molecule has 1 aromatic carbocycles. The van der Waals surface area contributed by atoms with Crippen molar-refractivity contribution >= 4 is 45.7 Å². The molecule has 1 aliphatic rings. The van der Waals surface area contributed by atoms with E-state index in [0.29, 0.717) is 23.0 Å². The highest BCUT2D eigenvalue weighted by molar-refractivity contribution is 6.45. The number of hydrogen-bond donors (Lipinski definition) is 1. The number of aromatic amines is 1. The summed E-state index contributed by atoms with van der Waals surface area (Å²) in [4.78, 5) is 31.4. The predicted molar refractivity (Wildman–Crippen MR) is 125 cm³/mol. The van der Waals surface area contributed by atoms with Gasteiger partial charge in [0.15, 0.2) is 0 Å². The van der Waals surface area contributed by atoms with Crippen molar-refractivity contribution in [1.82, 2.24) is 24.8 Å². The Kier molecular flexibility index (Phi) is 6.10. The van der Waals surface area contributed by atoms with Gasteiger partial charge in [0.2, 0.25) is 5.82 Å². The fourth-order valence-electron chi connectivity index (χ4n) is 4.05. The molecule has 0 saturated heterocycles. The number of anilines is 1. The van der Waals surface area contributed by atoms with E-state index < -0.39 is 0 Å². The first-order valence-corrected chi connectivity index (χ1v) is 11.0. The van der Waals surface area contributed by atoms with Crippen molar-refractivity contribution in [3.8, 4) is 0 Å². The number of carbonyl (C=O) groups excluding carboxylic acids is 1. The Balaban J connectivity index is 1.56. The lowest BCUT2D eigenvalue weighted by Gasteiger charge is -2.33. The van der Waals surface area contributed by atoms with E-state index in [1.54, 1.807) is 18.5 Å². The Morgan fingerprint density at radius 2 is 1.90 bits per heavy atom. The average molecular weight is 461 g/mol. The number of aromatic nitrogens is 3. The van der Waals surface area contributed by atoms with Crippen LogP contribution < -0.4 is 4.90 Å². The highest BCUT2D eigenvalue weighted by atomic mass is 35.5. The monoisotopic (exact) mass is 460 g/mol. The molecule has 1 atom stereocenters. The van der Waals surface area contributed by atoms with Crippen molar-refractivity contribution < 1.29 is 4.79 Å². The van der Waals surface area contributed by atoms with Crippen LogP contribution in [0.2, 0.25) is 10.0 Å². The molecule has 1 amide bonds. The zero-order chi connectivity index (χ0) is 22.3. The van der Waals surface area contributed by atoms with Gasteiger partial charge in [0, 0.05) is 49.7 Å². The second kappa shape index (κ2) is 8.65. The minimum Gasteiger partial charge on any atom is -0.371 e. The summed E-state index contributed by atoms with van der Waals surface area (Å²) in [5.41, 5.74) is 3.87. The first-order valence-electron chi connectivity index (χ1n) is 10.2. The van der Waals surface area contributed by atoms with Crippen LogP contribution in [0, 0.1) is 0 Å². The third-order valence-electron chi connectivity index (χ3n) is 5.89. The van der Waals surface area contributed by atoms with Gasteiger partial charge in [-0.3, -0.25) is 4.79 Å². The van der Waals surface area contributed by atoms with Crippen LogP contribution in [-0.2, 0) is 6.42 Å². The Hall–Kier alpha value is -2.35. The molecular weight excluding hydrogens is 435 g/mol. The fourth-order valence-corrected chi connectivity index (χ4v) is 4.42. The molecule has 31 heavy (non-hydrogen) atoms. The molecule has 1 N–H and O–H groups in total. The van der Waals surface area contributed by atoms with Gasteiger partial charge in [0.1, 0.15) is 0 Å². The average Bonchev–Trinajstić information content (AvgIpc) is 3.15. The highest BCUT2D eigenvalue weighted by Gasteiger charge is 2.32. The van der Waals surface area contributed by atoms with Crippen LogP contribution in [0.5, 0.6) is 0 Å². The maximum absolute atomic E-state index is 13.2. The molecule has 9 heteroatoms. The normalized spacial score (nSPS) is 16.1. The van der Waals surface area contributed by atoms with Crippen LogP contribution in [0.25, 0.3) is 10.9 Å². The Labute approximate surface area is 192 Å². The molecule has 0 saturated carbocycles. The van der Waals surface area contributed by atoms with E-state index in [2.05, 4.69) is 24.8 Å². The topological polar surface area (TPSA) is 68.4 Å². The maximum Gasteiger partial charge on any atom is 0.292 e. The zero-order valence-electron chi connectivity index (χ0n) is 18.1. The molecule has 3 aromatic rings. The minimum atomic E-state index is -0.171. The van der Waals surface area contributed by atoms with Crippen LogP contribution in [-0.4, -0.2) is 71.4 Å². The molecule has 0 spiro atoms. The zero-order valence-corrected chi connectivity index (χ0v) is 19.6. The largest absolute Gasteiger partial charge is 0.371 e. The molecule has 1 aliphatic heterocycles. The van der Waals surface area contributed by atoms with E-state index in [0.717, 1.165) is 40.9 Å². The molecule has 0 bridgehead atoms. The molecular formula is C22H26Cl2N6O. The second-order valence-electron chi connectivity index (χ2n) is 8.22. The summed E-state index contributed by atoms with van der Waals surface area (Å²) in [7, 11) is 6.06. The van der Waals surface area contributed by atoms with Gasteiger partial charge in [0.25, 0.3) is 5.91 Å². The smallest absolute Gasteiger partial charge is 0.292 e. The first-order chi connectivity index (χ1) is 14.8. The van der Waals surface area contributed by atoms with Gasteiger partial charge >= 0.3 is 0 Å². The van der Waals surface area contributed by atoms with Gasteiger partial charge in [0.05, 0.1) is 39.7 Å². The third-order valence-corrected chi connectivity index (χ3v) is 6.69. The van der Waals surface area contributed by atoms with E-state index in [1.165, 1.54) is 0 Å². The molecule has 2 aromatic heterocycles. The Morgan fingerprint density at radius 3 is 2.58 bits per heavy atom. The number of amides is 1. The van der Waals surface area contributed by atoms with E-state index in [1.807, 2.05) is 39.0 Å². The number of fused-ring (bicyclic) bond motifs is 3. The van der Waals surface area contributed by atoms with Crippen molar-refractivity contribution in [2.75, 3.05) is 45.7 Å². The van der Waals surface area contributed by atoms with Crippen molar-refractivity contribution in [2.45, 2.75) is 19.4 Å². The molecule has 0 unspecified atom stereocenters. The summed E-state index contributed by atoms with van der Waals surface area (Å²) < 4.78 is 0. The van der Waals surface area contributed by atoms with Gasteiger partial charge in [-0.1, -0.05) is 29.3 Å². The number of rotatable bonds is 5. The molecule has 4 rings (SSSR count). The Bertz CT molecular complexity index is 1110. The summed E-state index contributed by atoms with van der Waals surface area (Å²) in [6, 6.07) is 3.62. The lowest BCUT2D eigenvalue weighted by Crippen LogP contribution is -2.39. The van der Waals surface area contributed by atoms with Crippen molar-refractivity contribution in [2.24, 2.45) is 0 Å². The van der Waals surface area contributed by atoms with Gasteiger partial charge < -0.3 is 19.7 Å². The molecule has 164 valence electrons. The van der Waals surface area contributed by atoms with Gasteiger partial charge in [-0.05, 0) is 27.1 Å². The molecule has 0 aliphatic carbocycles. The lowest BCUT2D eigenvalue weighted by atomic mass is 9.97. The quantitative estimate of drug-likeness (QED) is 0.622. The van der Waals surface area contributed by atoms with Crippen molar-refractivity contribution in [3.63, 3.8) is 0 Å². The van der Waals surface area contributed by atoms with Gasteiger partial charge in [-0.25, -0.2) is 9.97 Å². The maximum atomic E-state index is 13.2. The van der Waals surface area contributed by atoms with Gasteiger partial charge in [-0.2, -0.15) is 0 Å². The summed E-state index contributed by atoms with van der Waals surface area (Å²) in [6.07, 6.45) is 4.13. The summed E-state index contributed by atoms with van der Waals surface area (Å²) >= 11 is 12.6. The first kappa shape index (κ1) is 21.9. The summed E-state index contributed by atoms with van der Waals surface area (Å²) in [5.74, 6) is 0.0380. The number of benzene rings is 1. The van der Waals surface area contributed by atoms with Crippen LogP contribution in [0.1, 0.15) is 34.8 Å².